The maximum Gasteiger partial charge on any atom is 0.338 e. The van der Waals surface area contributed by atoms with Gasteiger partial charge in [-0.05, 0) is 60.4 Å². The molecule has 1 N–H and O–H groups in total. The van der Waals surface area contributed by atoms with Crippen molar-refractivity contribution in [1.82, 2.24) is 4.98 Å². The van der Waals surface area contributed by atoms with Crippen LogP contribution in [0.15, 0.2) is 85.2 Å². The molecule has 0 bridgehead atoms. The number of carbonyl (C=O) groups is 2. The number of benzene rings is 2. The summed E-state index contributed by atoms with van der Waals surface area (Å²) in [6.07, 6.45) is 7.16. The molecular formula is C33H37NO7. The molecule has 1 heterocycles. The molecule has 0 radical (unpaired) electrons. The van der Waals surface area contributed by atoms with Crippen LogP contribution < -0.4 is 9.47 Å². The highest BCUT2D eigenvalue weighted by Gasteiger charge is 2.23. The van der Waals surface area contributed by atoms with Gasteiger partial charge in [-0.15, -0.1) is 0 Å². The van der Waals surface area contributed by atoms with Crippen LogP contribution in [0.5, 0.6) is 11.5 Å². The lowest BCUT2D eigenvalue weighted by Gasteiger charge is -2.22. The Morgan fingerprint density at radius 2 is 1.76 bits per heavy atom. The quantitative estimate of drug-likeness (QED) is 0.169. The average molecular weight is 560 g/mol. The van der Waals surface area contributed by atoms with Crippen molar-refractivity contribution in [1.29, 1.82) is 0 Å². The minimum absolute atomic E-state index is 0.0917. The van der Waals surface area contributed by atoms with Crippen LogP contribution in [0.1, 0.15) is 70.6 Å². The number of carbonyl (C=O) groups excluding carboxylic acids is 2. The predicted octanol–water partition coefficient (Wildman–Crippen LogP) is 6.37. The van der Waals surface area contributed by atoms with Crippen molar-refractivity contribution in [2.24, 2.45) is 0 Å². The van der Waals surface area contributed by atoms with Crippen molar-refractivity contribution >= 4 is 17.5 Å². The number of esters is 2. The summed E-state index contributed by atoms with van der Waals surface area (Å²) in [7, 11) is 2.90. The molecule has 41 heavy (non-hydrogen) atoms. The summed E-state index contributed by atoms with van der Waals surface area (Å²) in [4.78, 5) is 29.5. The third kappa shape index (κ3) is 8.53. The second kappa shape index (κ2) is 16.0. The number of methoxy groups -OCH3 is 2. The number of nitrogens with zero attached hydrogens (tertiary/aromatic N) is 1. The fourth-order valence-corrected chi connectivity index (χ4v) is 4.32. The summed E-state index contributed by atoms with van der Waals surface area (Å²) in [6, 6.07) is 15.5. The largest absolute Gasteiger partial charge is 0.496 e. The Hall–Kier alpha value is -4.43. The zero-order valence-electron chi connectivity index (χ0n) is 23.8. The lowest BCUT2D eigenvalue weighted by Crippen LogP contribution is -2.14. The molecule has 3 rings (SSSR count). The molecule has 216 valence electrons. The second-order valence-corrected chi connectivity index (χ2v) is 9.21. The molecule has 0 amide bonds. The lowest BCUT2D eigenvalue weighted by molar-refractivity contribution is 0.0296. The number of unbranched alkanes of at least 4 members (excludes halogenated alkanes) is 1. The third-order valence-electron chi connectivity index (χ3n) is 6.44. The highest BCUT2D eigenvalue weighted by molar-refractivity contribution is 5.93. The molecule has 2 aromatic carbocycles. The summed E-state index contributed by atoms with van der Waals surface area (Å²) in [6.45, 7) is 6.39. The first-order valence-electron chi connectivity index (χ1n) is 13.5. The second-order valence-electron chi connectivity index (χ2n) is 9.21. The maximum absolute atomic E-state index is 13.2. The Morgan fingerprint density at radius 3 is 2.44 bits per heavy atom. The first-order chi connectivity index (χ1) is 19.9. The number of hydrogen-bond acceptors (Lipinski definition) is 8. The van der Waals surface area contributed by atoms with E-state index in [0.29, 0.717) is 33.8 Å². The van der Waals surface area contributed by atoms with Crippen molar-refractivity contribution in [2.45, 2.75) is 38.7 Å². The van der Waals surface area contributed by atoms with E-state index < -0.39 is 18.0 Å². The summed E-state index contributed by atoms with van der Waals surface area (Å²) < 4.78 is 22.4. The minimum atomic E-state index is -0.741. The molecule has 0 spiro atoms. The fourth-order valence-electron chi connectivity index (χ4n) is 4.32. The van der Waals surface area contributed by atoms with Gasteiger partial charge in [-0.1, -0.05) is 44.2 Å². The lowest BCUT2D eigenvalue weighted by atomic mass is 9.91. The summed E-state index contributed by atoms with van der Waals surface area (Å²) in [5.41, 5.74) is 3.70. The van der Waals surface area contributed by atoms with Gasteiger partial charge in [0.15, 0.2) is 0 Å². The molecule has 0 saturated heterocycles. The standard InChI is InChI=1S/C33H37NO7/c1-5-6-9-23(2)26(28-22-25(32(36)39-4)12-14-29(28)38-3)13-15-31(41-33(37)24-16-18-34-19-17-24)27-10-7-8-11-30(27)40-21-20-35/h7-8,10-14,16-19,22,31,35H,2,5-6,9,15,20-21H2,1,3-4H3/b26-13-/t31-/m0/s1. The third-order valence-corrected chi connectivity index (χ3v) is 6.44. The maximum atomic E-state index is 13.2. The van der Waals surface area contributed by atoms with Gasteiger partial charge in [0, 0.05) is 29.9 Å². The number of pyridine rings is 1. The summed E-state index contributed by atoms with van der Waals surface area (Å²) in [5.74, 6) is 0.0867. The molecule has 0 fully saturated rings. The highest BCUT2D eigenvalue weighted by Crippen LogP contribution is 2.37. The van der Waals surface area contributed by atoms with Crippen LogP contribution in [0.4, 0.5) is 0 Å². The van der Waals surface area contributed by atoms with Gasteiger partial charge in [-0.2, -0.15) is 0 Å². The topological polar surface area (TPSA) is 104 Å². The van der Waals surface area contributed by atoms with E-state index in [-0.39, 0.29) is 19.6 Å². The number of hydrogen-bond donors (Lipinski definition) is 1. The Morgan fingerprint density at radius 1 is 1.00 bits per heavy atom. The van der Waals surface area contributed by atoms with Gasteiger partial charge < -0.3 is 24.1 Å². The van der Waals surface area contributed by atoms with Crippen LogP contribution in [0, 0.1) is 0 Å². The molecule has 8 nitrogen and oxygen atoms in total. The van der Waals surface area contributed by atoms with Crippen LogP contribution in [-0.4, -0.2) is 49.5 Å². The monoisotopic (exact) mass is 559 g/mol. The number of rotatable bonds is 15. The number of aliphatic hydroxyl groups excluding tert-OH is 1. The van der Waals surface area contributed by atoms with E-state index in [1.807, 2.05) is 24.3 Å². The molecule has 0 unspecified atom stereocenters. The van der Waals surface area contributed by atoms with Gasteiger partial charge in [0.2, 0.25) is 0 Å². The van der Waals surface area contributed by atoms with Gasteiger partial charge in [0.1, 0.15) is 24.2 Å². The first-order valence-corrected chi connectivity index (χ1v) is 13.5. The van der Waals surface area contributed by atoms with Crippen molar-refractivity contribution in [2.75, 3.05) is 27.4 Å². The summed E-state index contributed by atoms with van der Waals surface area (Å²) in [5, 5.41) is 9.33. The van der Waals surface area contributed by atoms with E-state index in [4.69, 9.17) is 18.9 Å². The smallest absolute Gasteiger partial charge is 0.338 e. The predicted molar refractivity (Wildman–Crippen MR) is 157 cm³/mol. The number of aliphatic hydroxyl groups is 1. The van der Waals surface area contributed by atoms with Crippen molar-refractivity contribution in [3.05, 3.63) is 107 Å². The van der Waals surface area contributed by atoms with Gasteiger partial charge >= 0.3 is 11.9 Å². The van der Waals surface area contributed by atoms with Crippen LogP contribution in [0.3, 0.4) is 0 Å². The minimum Gasteiger partial charge on any atom is -0.496 e. The highest BCUT2D eigenvalue weighted by atomic mass is 16.5. The number of aromatic nitrogens is 1. The zero-order valence-corrected chi connectivity index (χ0v) is 23.8. The number of para-hydroxylation sites is 1. The van der Waals surface area contributed by atoms with Crippen LogP contribution in [-0.2, 0) is 9.47 Å². The average Bonchev–Trinajstić information content (AvgIpc) is 3.02. The van der Waals surface area contributed by atoms with E-state index in [9.17, 15) is 14.7 Å². The first kappa shape index (κ1) is 31.1. The molecule has 3 aromatic rings. The van der Waals surface area contributed by atoms with Gasteiger partial charge in [0.05, 0.1) is 32.0 Å². The molecule has 8 heteroatoms. The van der Waals surface area contributed by atoms with E-state index in [1.54, 1.807) is 43.5 Å². The molecule has 0 aliphatic rings. The molecule has 0 aliphatic carbocycles. The van der Waals surface area contributed by atoms with Crippen LogP contribution in [0.25, 0.3) is 5.57 Å². The Bertz CT molecular complexity index is 1350. The molecular weight excluding hydrogens is 522 g/mol. The fraction of sp³-hybridized carbons (Fsp3) is 0.303. The Balaban J connectivity index is 2.10. The van der Waals surface area contributed by atoms with Crippen molar-refractivity contribution in [3.63, 3.8) is 0 Å². The normalized spacial score (nSPS) is 11.9. The zero-order chi connectivity index (χ0) is 29.6. The van der Waals surface area contributed by atoms with Gasteiger partial charge in [-0.3, -0.25) is 4.98 Å². The van der Waals surface area contributed by atoms with E-state index in [2.05, 4.69) is 18.5 Å². The van der Waals surface area contributed by atoms with E-state index >= 15 is 0 Å². The number of allylic oxidation sites excluding steroid dienone is 2. The Kier molecular flexibility index (Phi) is 12.1. The Labute approximate surface area is 241 Å². The van der Waals surface area contributed by atoms with E-state index in [1.165, 1.54) is 19.5 Å². The van der Waals surface area contributed by atoms with Crippen LogP contribution >= 0.6 is 0 Å². The van der Waals surface area contributed by atoms with Gasteiger partial charge in [0.25, 0.3) is 0 Å². The summed E-state index contributed by atoms with van der Waals surface area (Å²) >= 11 is 0. The van der Waals surface area contributed by atoms with Crippen molar-refractivity contribution in [3.8, 4) is 11.5 Å². The molecule has 1 aromatic heterocycles. The number of ether oxygens (including phenoxy) is 4. The molecule has 0 saturated carbocycles. The van der Waals surface area contributed by atoms with Crippen molar-refractivity contribution < 1.29 is 33.6 Å². The van der Waals surface area contributed by atoms with Gasteiger partial charge in [-0.25, -0.2) is 9.59 Å². The van der Waals surface area contributed by atoms with E-state index in [0.717, 1.165) is 30.4 Å². The molecule has 0 aliphatic heterocycles. The van der Waals surface area contributed by atoms with Crippen LogP contribution in [0.2, 0.25) is 0 Å². The molecule has 1 atom stereocenters. The SMILES string of the molecule is C=C(CCCC)/C(=C/C[C@H](OC(=O)c1ccncc1)c1ccccc1OCCO)c1cc(C(=O)OC)ccc1OC.